The molecule has 3 aromatic rings. The number of aryl methyl sites for hydroxylation is 1. The fraction of sp³-hybridized carbons (Fsp3) is 0.238. The molecule has 1 aromatic heterocycles. The molecule has 0 N–H and O–H groups in total. The zero-order chi connectivity index (χ0) is 20.5. The van der Waals surface area contributed by atoms with E-state index in [9.17, 15) is 4.79 Å². The van der Waals surface area contributed by atoms with Crippen LogP contribution >= 0.6 is 23.4 Å². The summed E-state index contributed by atoms with van der Waals surface area (Å²) in [4.78, 5) is 19.2. The molecule has 0 saturated carbocycles. The standard InChI is InChI=1S/C21H19ClN4O2S/c1-4-17(27)26-16-10-9-14(22)11-15(16)18-19(23-21(29-3)25-24-18)28-20(26)13-7-5-12(2)6-8-13/h5-11,20H,4H2,1-3H3/t20-/m1/s1. The van der Waals surface area contributed by atoms with Crippen molar-refractivity contribution in [1.29, 1.82) is 0 Å². The summed E-state index contributed by atoms with van der Waals surface area (Å²) < 4.78 is 6.32. The van der Waals surface area contributed by atoms with Gasteiger partial charge in [-0.1, -0.05) is 60.1 Å². The minimum Gasteiger partial charge on any atom is -0.447 e. The normalized spacial score (nSPS) is 15.2. The summed E-state index contributed by atoms with van der Waals surface area (Å²) in [6, 6.07) is 13.2. The molecule has 1 amide bonds. The Balaban J connectivity index is 1.99. The van der Waals surface area contributed by atoms with E-state index in [0.717, 1.165) is 11.1 Å². The largest absolute Gasteiger partial charge is 0.447 e. The van der Waals surface area contributed by atoms with Crippen LogP contribution in [0.4, 0.5) is 5.69 Å². The van der Waals surface area contributed by atoms with Gasteiger partial charge >= 0.3 is 0 Å². The van der Waals surface area contributed by atoms with Crippen molar-refractivity contribution in [1.82, 2.24) is 15.2 Å². The van der Waals surface area contributed by atoms with Crippen molar-refractivity contribution in [3.63, 3.8) is 0 Å². The van der Waals surface area contributed by atoms with Gasteiger partial charge in [0.15, 0.2) is 5.69 Å². The van der Waals surface area contributed by atoms with Crippen LogP contribution in [-0.4, -0.2) is 27.3 Å². The minimum atomic E-state index is -0.685. The van der Waals surface area contributed by atoms with Gasteiger partial charge in [-0.3, -0.25) is 9.69 Å². The first kappa shape index (κ1) is 19.7. The Kier molecular flexibility index (Phi) is 5.43. The third-order valence-corrected chi connectivity index (χ3v) is 5.46. The lowest BCUT2D eigenvalue weighted by Gasteiger charge is -2.30. The lowest BCUT2D eigenvalue weighted by Crippen LogP contribution is -2.37. The fourth-order valence-corrected chi connectivity index (χ4v) is 3.68. The van der Waals surface area contributed by atoms with E-state index in [2.05, 4.69) is 15.2 Å². The van der Waals surface area contributed by atoms with Crippen LogP contribution in [-0.2, 0) is 4.79 Å². The number of amides is 1. The molecule has 4 rings (SSSR count). The van der Waals surface area contributed by atoms with Crippen LogP contribution in [0.2, 0.25) is 5.02 Å². The van der Waals surface area contributed by atoms with Crippen molar-refractivity contribution in [3.8, 4) is 17.1 Å². The minimum absolute atomic E-state index is 0.0787. The second kappa shape index (κ2) is 8.00. The Bertz CT molecular complexity index is 1070. The second-order valence-corrected chi connectivity index (χ2v) is 7.82. The maximum Gasteiger partial charge on any atom is 0.247 e. The Hall–Kier alpha value is -2.64. The molecule has 1 atom stereocenters. The molecule has 0 aliphatic carbocycles. The number of fused-ring (bicyclic) bond motifs is 3. The molecule has 0 fully saturated rings. The molecular formula is C21H19ClN4O2S. The highest BCUT2D eigenvalue weighted by Gasteiger charge is 2.35. The maximum atomic E-state index is 13.0. The molecule has 1 aliphatic heterocycles. The van der Waals surface area contributed by atoms with Crippen molar-refractivity contribution in [2.75, 3.05) is 11.2 Å². The van der Waals surface area contributed by atoms with Crippen molar-refractivity contribution in [3.05, 3.63) is 58.6 Å². The van der Waals surface area contributed by atoms with Crippen molar-refractivity contribution >= 4 is 35.0 Å². The number of carbonyl (C=O) groups excluding carboxylic acids is 1. The third kappa shape index (κ3) is 3.68. The summed E-state index contributed by atoms with van der Waals surface area (Å²) in [6.07, 6.45) is 1.50. The molecular weight excluding hydrogens is 408 g/mol. The van der Waals surface area contributed by atoms with Crippen LogP contribution in [0, 0.1) is 6.92 Å². The topological polar surface area (TPSA) is 68.2 Å². The molecule has 0 bridgehead atoms. The van der Waals surface area contributed by atoms with Crippen molar-refractivity contribution < 1.29 is 9.53 Å². The molecule has 2 aromatic carbocycles. The van der Waals surface area contributed by atoms with Gasteiger partial charge in [0.25, 0.3) is 0 Å². The Labute approximate surface area is 178 Å². The van der Waals surface area contributed by atoms with E-state index >= 15 is 0 Å². The molecule has 0 radical (unpaired) electrons. The average molecular weight is 427 g/mol. The van der Waals surface area contributed by atoms with E-state index in [-0.39, 0.29) is 5.91 Å². The molecule has 1 aliphatic rings. The predicted octanol–water partition coefficient (Wildman–Crippen LogP) is 5.06. The first-order valence-corrected chi connectivity index (χ1v) is 10.8. The van der Waals surface area contributed by atoms with Gasteiger partial charge in [-0.2, -0.15) is 4.98 Å². The third-order valence-electron chi connectivity index (χ3n) is 4.68. The predicted molar refractivity (Wildman–Crippen MR) is 114 cm³/mol. The first-order chi connectivity index (χ1) is 14.0. The molecule has 6 nitrogen and oxygen atoms in total. The van der Waals surface area contributed by atoms with Crippen LogP contribution in [0.1, 0.15) is 30.7 Å². The van der Waals surface area contributed by atoms with Gasteiger partial charge in [-0.05, 0) is 31.4 Å². The molecule has 0 unspecified atom stereocenters. The first-order valence-electron chi connectivity index (χ1n) is 9.15. The van der Waals surface area contributed by atoms with E-state index in [4.69, 9.17) is 16.3 Å². The number of rotatable bonds is 3. The zero-order valence-electron chi connectivity index (χ0n) is 16.2. The number of hydrogen-bond donors (Lipinski definition) is 0. The highest BCUT2D eigenvalue weighted by Crippen LogP contribution is 2.44. The second-order valence-electron chi connectivity index (χ2n) is 6.61. The smallest absolute Gasteiger partial charge is 0.247 e. The number of hydrogen-bond acceptors (Lipinski definition) is 6. The highest BCUT2D eigenvalue weighted by atomic mass is 35.5. The number of thioether (sulfide) groups is 1. The Morgan fingerprint density at radius 1 is 1.21 bits per heavy atom. The summed E-state index contributed by atoms with van der Waals surface area (Å²) >= 11 is 7.64. The molecule has 2 heterocycles. The molecule has 0 spiro atoms. The van der Waals surface area contributed by atoms with Crippen molar-refractivity contribution in [2.24, 2.45) is 0 Å². The van der Waals surface area contributed by atoms with Crippen molar-refractivity contribution in [2.45, 2.75) is 31.7 Å². The Morgan fingerprint density at radius 2 is 1.97 bits per heavy atom. The lowest BCUT2D eigenvalue weighted by molar-refractivity contribution is -0.120. The summed E-state index contributed by atoms with van der Waals surface area (Å²) in [5.41, 5.74) is 3.76. The average Bonchev–Trinajstić information content (AvgIpc) is 2.87. The molecule has 148 valence electrons. The summed E-state index contributed by atoms with van der Waals surface area (Å²) in [5, 5.41) is 9.52. The van der Waals surface area contributed by atoms with Gasteiger partial charge in [0.1, 0.15) is 0 Å². The zero-order valence-corrected chi connectivity index (χ0v) is 17.8. The summed E-state index contributed by atoms with van der Waals surface area (Å²) in [6.45, 7) is 3.84. The van der Waals surface area contributed by atoms with Crippen LogP contribution in [0.25, 0.3) is 11.3 Å². The van der Waals surface area contributed by atoms with Gasteiger partial charge in [0, 0.05) is 22.6 Å². The maximum absolute atomic E-state index is 13.0. The van der Waals surface area contributed by atoms with E-state index in [0.29, 0.717) is 39.4 Å². The van der Waals surface area contributed by atoms with Gasteiger partial charge < -0.3 is 4.74 Å². The number of benzene rings is 2. The number of anilines is 1. The number of ether oxygens (including phenoxy) is 1. The molecule has 8 heteroatoms. The van der Waals surface area contributed by atoms with E-state index in [1.165, 1.54) is 11.8 Å². The fourth-order valence-electron chi connectivity index (χ4n) is 3.21. The van der Waals surface area contributed by atoms with Crippen LogP contribution in [0.15, 0.2) is 47.6 Å². The lowest BCUT2D eigenvalue weighted by atomic mass is 10.1. The highest BCUT2D eigenvalue weighted by molar-refractivity contribution is 7.98. The molecule has 29 heavy (non-hydrogen) atoms. The van der Waals surface area contributed by atoms with E-state index < -0.39 is 6.23 Å². The Morgan fingerprint density at radius 3 is 2.66 bits per heavy atom. The quantitative estimate of drug-likeness (QED) is 0.545. The van der Waals surface area contributed by atoms with Crippen LogP contribution < -0.4 is 9.64 Å². The van der Waals surface area contributed by atoms with Gasteiger partial charge in [0.05, 0.1) is 5.69 Å². The van der Waals surface area contributed by atoms with Crippen LogP contribution in [0.3, 0.4) is 0 Å². The summed E-state index contributed by atoms with van der Waals surface area (Å²) in [7, 11) is 0. The number of nitrogens with zero attached hydrogens (tertiary/aromatic N) is 4. The van der Waals surface area contributed by atoms with Gasteiger partial charge in [-0.25, -0.2) is 0 Å². The van der Waals surface area contributed by atoms with E-state index in [1.54, 1.807) is 17.0 Å². The van der Waals surface area contributed by atoms with Gasteiger partial charge in [-0.15, -0.1) is 10.2 Å². The van der Waals surface area contributed by atoms with Gasteiger partial charge in [0.2, 0.25) is 23.2 Å². The van der Waals surface area contributed by atoms with E-state index in [1.807, 2.05) is 50.4 Å². The number of halogens is 1. The monoisotopic (exact) mass is 426 g/mol. The molecule has 0 saturated heterocycles. The van der Waals surface area contributed by atoms with Crippen LogP contribution in [0.5, 0.6) is 5.88 Å². The number of carbonyl (C=O) groups is 1. The number of aromatic nitrogens is 3. The SMILES string of the molecule is CCC(=O)N1c2ccc(Cl)cc2-c2nnc(SC)nc2O[C@@H]1c1ccc(C)cc1. The summed E-state index contributed by atoms with van der Waals surface area (Å²) in [5.74, 6) is 0.245.